The molecule has 7 heteroatoms. The molecule has 0 radical (unpaired) electrons. The molecule has 0 aliphatic rings. The van der Waals surface area contributed by atoms with E-state index >= 15 is 0 Å². The molecule has 1 aromatic rings. The Bertz CT molecular complexity index is 625. The molecule has 1 N–H and O–H groups in total. The molecular formula is C12H12O6S. The number of ketones is 1. The fourth-order valence-corrected chi connectivity index (χ4v) is 1.87. The number of benzene rings is 1. The van der Waals surface area contributed by atoms with Gasteiger partial charge in [0, 0.05) is 17.9 Å². The number of carbonyl (C=O) groups is 2. The van der Waals surface area contributed by atoms with Crippen LogP contribution >= 0.6 is 0 Å². The molecule has 102 valence electrons. The molecule has 1 aromatic carbocycles. The molecule has 0 unspecified atom stereocenters. The van der Waals surface area contributed by atoms with E-state index in [0.717, 1.165) is 13.4 Å². The first-order valence-electron chi connectivity index (χ1n) is 5.09. The summed E-state index contributed by atoms with van der Waals surface area (Å²) < 4.78 is 26.7. The highest BCUT2D eigenvalue weighted by Gasteiger charge is 2.12. The Morgan fingerprint density at radius 2 is 1.74 bits per heavy atom. The van der Waals surface area contributed by atoms with E-state index in [0.29, 0.717) is 6.08 Å². The number of methoxy groups -OCH3 is 1. The second-order valence-corrected chi connectivity index (χ2v) is 5.70. The fraction of sp³-hybridized carbons (Fsp3) is 0.167. The topological polar surface area (TPSA) is 97.7 Å². The number of allylic oxidation sites excluding steroid dienone is 1. The zero-order valence-electron chi connectivity index (χ0n) is 10.3. The van der Waals surface area contributed by atoms with Crippen LogP contribution in [0.15, 0.2) is 41.0 Å². The Hall–Kier alpha value is -2.15. The lowest BCUT2D eigenvalue weighted by Crippen LogP contribution is -2.07. The molecule has 19 heavy (non-hydrogen) atoms. The van der Waals surface area contributed by atoms with Gasteiger partial charge >= 0.3 is 5.97 Å². The highest BCUT2D eigenvalue weighted by atomic mass is 32.2. The summed E-state index contributed by atoms with van der Waals surface area (Å²) in [7, 11) is -2.27. The van der Waals surface area contributed by atoms with Gasteiger partial charge in [0.15, 0.2) is 15.6 Å². The first kappa shape index (κ1) is 14.9. The zero-order valence-corrected chi connectivity index (χ0v) is 11.1. The Morgan fingerprint density at radius 3 is 2.16 bits per heavy atom. The van der Waals surface area contributed by atoms with Crippen LogP contribution in [-0.4, -0.2) is 38.6 Å². The molecule has 6 nitrogen and oxygen atoms in total. The van der Waals surface area contributed by atoms with Gasteiger partial charge < -0.3 is 9.84 Å². The largest absolute Gasteiger partial charge is 0.502 e. The maximum atomic E-state index is 11.6. The summed E-state index contributed by atoms with van der Waals surface area (Å²) >= 11 is 0. The summed E-state index contributed by atoms with van der Waals surface area (Å²) in [5.74, 6) is -2.48. The van der Waals surface area contributed by atoms with Gasteiger partial charge in [0.1, 0.15) is 0 Å². The summed E-state index contributed by atoms with van der Waals surface area (Å²) in [5.41, 5.74) is 0.142. The third-order valence-corrected chi connectivity index (χ3v) is 3.36. The Morgan fingerprint density at radius 1 is 1.21 bits per heavy atom. The van der Waals surface area contributed by atoms with E-state index in [4.69, 9.17) is 0 Å². The van der Waals surface area contributed by atoms with Crippen molar-refractivity contribution in [3.63, 3.8) is 0 Å². The Balaban J connectivity index is 3.00. The number of hydrogen-bond acceptors (Lipinski definition) is 6. The van der Waals surface area contributed by atoms with Gasteiger partial charge in [-0.1, -0.05) is 0 Å². The number of esters is 1. The van der Waals surface area contributed by atoms with Crippen LogP contribution in [-0.2, 0) is 19.4 Å². The molecule has 0 fully saturated rings. The van der Waals surface area contributed by atoms with Crippen molar-refractivity contribution in [3.05, 3.63) is 41.7 Å². The van der Waals surface area contributed by atoms with Gasteiger partial charge in [0.05, 0.1) is 12.0 Å². The molecule has 0 aliphatic carbocycles. The third-order valence-electron chi connectivity index (χ3n) is 2.23. The van der Waals surface area contributed by atoms with Crippen molar-refractivity contribution in [3.8, 4) is 0 Å². The average Bonchev–Trinajstić information content (AvgIpc) is 2.36. The number of aliphatic hydroxyl groups excluding tert-OH is 1. The van der Waals surface area contributed by atoms with E-state index in [9.17, 15) is 23.1 Å². The molecule has 0 amide bonds. The van der Waals surface area contributed by atoms with Crippen molar-refractivity contribution >= 4 is 21.6 Å². The van der Waals surface area contributed by atoms with Crippen molar-refractivity contribution in [2.45, 2.75) is 4.90 Å². The van der Waals surface area contributed by atoms with Gasteiger partial charge in [-0.2, -0.15) is 0 Å². The van der Waals surface area contributed by atoms with Gasteiger partial charge in [-0.25, -0.2) is 13.2 Å². The van der Waals surface area contributed by atoms with Crippen LogP contribution in [0.3, 0.4) is 0 Å². The molecule has 0 spiro atoms. The van der Waals surface area contributed by atoms with E-state index in [1.165, 1.54) is 24.3 Å². The molecule has 0 atom stereocenters. The number of hydrogen-bond donors (Lipinski definition) is 1. The van der Waals surface area contributed by atoms with Gasteiger partial charge in [0.2, 0.25) is 5.76 Å². The van der Waals surface area contributed by atoms with Gasteiger partial charge in [0.25, 0.3) is 0 Å². The summed E-state index contributed by atoms with van der Waals surface area (Å²) in [5, 5.41) is 9.20. The van der Waals surface area contributed by atoms with Gasteiger partial charge in [-0.15, -0.1) is 0 Å². The lowest BCUT2D eigenvalue weighted by molar-refractivity contribution is -0.139. The van der Waals surface area contributed by atoms with Crippen LogP contribution in [0.2, 0.25) is 0 Å². The minimum atomic E-state index is -3.34. The maximum absolute atomic E-state index is 11.6. The van der Waals surface area contributed by atoms with E-state index in [2.05, 4.69) is 4.74 Å². The average molecular weight is 284 g/mol. The first-order valence-corrected chi connectivity index (χ1v) is 6.98. The molecule has 0 saturated heterocycles. The van der Waals surface area contributed by atoms with E-state index in [1.807, 2.05) is 0 Å². The van der Waals surface area contributed by atoms with Crippen LogP contribution in [0.4, 0.5) is 0 Å². The number of sulfone groups is 1. The highest BCUT2D eigenvalue weighted by molar-refractivity contribution is 7.90. The molecule has 0 heterocycles. The van der Waals surface area contributed by atoms with Crippen LogP contribution in [0.5, 0.6) is 0 Å². The number of ether oxygens (including phenoxy) is 1. The lowest BCUT2D eigenvalue weighted by Gasteiger charge is -2.00. The summed E-state index contributed by atoms with van der Waals surface area (Å²) in [6.45, 7) is 0. The minimum absolute atomic E-state index is 0.0743. The SMILES string of the molecule is COC(=O)C(O)=CC(=O)c1ccc(S(C)(=O)=O)cc1. The third kappa shape index (κ3) is 3.92. The summed E-state index contributed by atoms with van der Waals surface area (Å²) in [6, 6.07) is 5.12. The highest BCUT2D eigenvalue weighted by Crippen LogP contribution is 2.11. The molecular weight excluding hydrogens is 272 g/mol. The molecule has 0 aromatic heterocycles. The number of rotatable bonds is 4. The second-order valence-electron chi connectivity index (χ2n) is 3.68. The Labute approximate surface area is 110 Å². The lowest BCUT2D eigenvalue weighted by atomic mass is 10.1. The number of aliphatic hydroxyl groups is 1. The quantitative estimate of drug-likeness (QED) is 0.381. The van der Waals surface area contributed by atoms with Crippen LogP contribution < -0.4 is 0 Å². The predicted molar refractivity (Wildman–Crippen MR) is 66.6 cm³/mol. The normalized spacial score (nSPS) is 12.0. The van der Waals surface area contributed by atoms with Crippen molar-refractivity contribution in [2.24, 2.45) is 0 Å². The van der Waals surface area contributed by atoms with Crippen molar-refractivity contribution in [1.29, 1.82) is 0 Å². The van der Waals surface area contributed by atoms with Crippen molar-refractivity contribution < 1.29 is 27.9 Å². The van der Waals surface area contributed by atoms with Crippen LogP contribution in [0.1, 0.15) is 10.4 Å². The van der Waals surface area contributed by atoms with Crippen LogP contribution in [0.25, 0.3) is 0 Å². The molecule has 1 rings (SSSR count). The predicted octanol–water partition coefficient (Wildman–Crippen LogP) is 0.888. The monoisotopic (exact) mass is 284 g/mol. The zero-order chi connectivity index (χ0) is 14.6. The van der Waals surface area contributed by atoms with Gasteiger partial charge in [-0.3, -0.25) is 4.79 Å². The van der Waals surface area contributed by atoms with Crippen LogP contribution in [0, 0.1) is 0 Å². The maximum Gasteiger partial charge on any atom is 0.373 e. The standard InChI is InChI=1S/C12H12O6S/c1-18-12(15)11(14)7-10(13)8-3-5-9(6-4-8)19(2,16)17/h3-7,14H,1-2H3. The van der Waals surface area contributed by atoms with E-state index < -0.39 is 27.3 Å². The smallest absolute Gasteiger partial charge is 0.373 e. The first-order chi connectivity index (χ1) is 8.75. The van der Waals surface area contributed by atoms with E-state index in [1.54, 1.807) is 0 Å². The second kappa shape index (κ2) is 5.66. The Kier molecular flexibility index (Phi) is 4.44. The van der Waals surface area contributed by atoms with Gasteiger partial charge in [-0.05, 0) is 24.3 Å². The molecule has 0 bridgehead atoms. The van der Waals surface area contributed by atoms with Crippen molar-refractivity contribution in [2.75, 3.05) is 13.4 Å². The number of carbonyl (C=O) groups excluding carboxylic acids is 2. The molecule has 0 saturated carbocycles. The van der Waals surface area contributed by atoms with Crippen molar-refractivity contribution in [1.82, 2.24) is 0 Å². The van der Waals surface area contributed by atoms with E-state index in [-0.39, 0.29) is 10.5 Å². The molecule has 0 aliphatic heterocycles. The minimum Gasteiger partial charge on any atom is -0.502 e. The summed E-state index contributed by atoms with van der Waals surface area (Å²) in [6.07, 6.45) is 1.76. The summed E-state index contributed by atoms with van der Waals surface area (Å²) in [4.78, 5) is 22.6. The fourth-order valence-electron chi connectivity index (χ4n) is 1.24.